The van der Waals surface area contributed by atoms with Gasteiger partial charge in [0, 0.05) is 32.8 Å². The molecule has 126 valence electrons. The summed E-state index contributed by atoms with van der Waals surface area (Å²) < 4.78 is 0. The fourth-order valence-electron chi connectivity index (χ4n) is 2.08. The Kier molecular flexibility index (Phi) is 6.13. The molecule has 1 aromatic heterocycles. The third kappa shape index (κ3) is 5.28. The van der Waals surface area contributed by atoms with Crippen LogP contribution in [0.4, 0.5) is 10.5 Å². The first kappa shape index (κ1) is 17.3. The molecule has 7 nitrogen and oxygen atoms in total. The van der Waals surface area contributed by atoms with E-state index in [0.717, 1.165) is 5.56 Å². The third-order valence-corrected chi connectivity index (χ3v) is 3.33. The van der Waals surface area contributed by atoms with Crippen LogP contribution in [0.25, 0.3) is 0 Å². The maximum Gasteiger partial charge on any atom is 0.317 e. The van der Waals surface area contributed by atoms with E-state index in [2.05, 4.69) is 15.6 Å². The van der Waals surface area contributed by atoms with Crippen LogP contribution in [0.2, 0.25) is 0 Å². The highest BCUT2D eigenvalue weighted by Crippen LogP contribution is 2.02. The number of aromatic nitrogens is 1. The fourth-order valence-corrected chi connectivity index (χ4v) is 2.08. The summed E-state index contributed by atoms with van der Waals surface area (Å²) in [7, 11) is 1.69. The van der Waals surface area contributed by atoms with Crippen molar-refractivity contribution in [3.8, 4) is 0 Å². The van der Waals surface area contributed by atoms with Crippen LogP contribution in [-0.2, 0) is 11.3 Å². The van der Waals surface area contributed by atoms with Crippen molar-refractivity contribution >= 4 is 17.6 Å². The fraction of sp³-hybridized carbons (Fsp3) is 0.235. The van der Waals surface area contributed by atoms with Gasteiger partial charge in [0.25, 0.3) is 5.56 Å². The number of carbonyl (C=O) groups excluding carboxylic acids is 2. The lowest BCUT2D eigenvalue weighted by Crippen LogP contribution is -2.38. The van der Waals surface area contributed by atoms with E-state index in [-0.39, 0.29) is 36.2 Å². The van der Waals surface area contributed by atoms with Gasteiger partial charge >= 0.3 is 6.03 Å². The van der Waals surface area contributed by atoms with Gasteiger partial charge in [0.05, 0.1) is 0 Å². The van der Waals surface area contributed by atoms with Crippen molar-refractivity contribution < 1.29 is 9.59 Å². The molecule has 0 aliphatic carbocycles. The molecule has 3 amide bonds. The van der Waals surface area contributed by atoms with Crippen molar-refractivity contribution in [3.05, 3.63) is 64.6 Å². The van der Waals surface area contributed by atoms with E-state index in [9.17, 15) is 14.4 Å². The molecule has 24 heavy (non-hydrogen) atoms. The smallest absolute Gasteiger partial charge is 0.317 e. The second-order valence-electron chi connectivity index (χ2n) is 5.28. The summed E-state index contributed by atoms with van der Waals surface area (Å²) in [5, 5.41) is 5.18. The molecule has 0 saturated carbocycles. The Hall–Kier alpha value is -3.09. The van der Waals surface area contributed by atoms with Crippen molar-refractivity contribution in [1.29, 1.82) is 0 Å². The number of hydrogen-bond donors (Lipinski definition) is 3. The van der Waals surface area contributed by atoms with Crippen LogP contribution in [0.15, 0.2) is 53.5 Å². The standard InChI is InChI=1S/C17H20N4O3/c1-21(12-13-6-3-2-4-7-13)17(24)19-11-9-15(22)20-14-8-5-10-18-16(14)23/h2-8,10H,9,11-12H2,1H3,(H,18,23)(H,19,24)(H,20,22). The Balaban J connectivity index is 1.73. The van der Waals surface area contributed by atoms with E-state index in [1.807, 2.05) is 30.3 Å². The lowest BCUT2D eigenvalue weighted by atomic mass is 10.2. The molecular weight excluding hydrogens is 308 g/mol. The highest BCUT2D eigenvalue weighted by atomic mass is 16.2. The minimum absolute atomic E-state index is 0.0826. The Morgan fingerprint density at radius 3 is 2.58 bits per heavy atom. The van der Waals surface area contributed by atoms with E-state index in [1.165, 1.54) is 17.2 Å². The number of carbonyl (C=O) groups is 2. The van der Waals surface area contributed by atoms with Crippen LogP contribution in [0, 0.1) is 0 Å². The van der Waals surface area contributed by atoms with Crippen LogP contribution in [0.1, 0.15) is 12.0 Å². The van der Waals surface area contributed by atoms with Gasteiger partial charge in [-0.1, -0.05) is 30.3 Å². The topological polar surface area (TPSA) is 94.3 Å². The maximum atomic E-state index is 12.0. The number of urea groups is 1. The largest absolute Gasteiger partial charge is 0.337 e. The van der Waals surface area contributed by atoms with Gasteiger partial charge in [-0.2, -0.15) is 0 Å². The Morgan fingerprint density at radius 2 is 1.88 bits per heavy atom. The molecule has 3 N–H and O–H groups in total. The van der Waals surface area contributed by atoms with Gasteiger partial charge in [-0.05, 0) is 17.7 Å². The molecule has 2 rings (SSSR count). The average Bonchev–Trinajstić information content (AvgIpc) is 2.57. The number of nitrogens with one attached hydrogen (secondary N) is 3. The van der Waals surface area contributed by atoms with Gasteiger partial charge in [-0.3, -0.25) is 9.59 Å². The van der Waals surface area contributed by atoms with Gasteiger partial charge in [0.2, 0.25) is 5.91 Å². The van der Waals surface area contributed by atoms with Gasteiger partial charge in [0.15, 0.2) is 0 Å². The summed E-state index contributed by atoms with van der Waals surface area (Å²) >= 11 is 0. The highest BCUT2D eigenvalue weighted by Gasteiger charge is 2.10. The van der Waals surface area contributed by atoms with E-state index in [0.29, 0.717) is 6.54 Å². The molecule has 0 fully saturated rings. The summed E-state index contributed by atoms with van der Waals surface area (Å²) in [5.74, 6) is -0.335. The first-order valence-corrected chi connectivity index (χ1v) is 7.56. The highest BCUT2D eigenvalue weighted by molar-refractivity contribution is 5.90. The SMILES string of the molecule is CN(Cc1ccccc1)C(=O)NCCC(=O)Nc1ccc[nH]c1=O. The third-order valence-electron chi connectivity index (χ3n) is 3.33. The van der Waals surface area contributed by atoms with E-state index in [4.69, 9.17) is 0 Å². The first-order valence-electron chi connectivity index (χ1n) is 7.56. The average molecular weight is 328 g/mol. The minimum atomic E-state index is -0.363. The number of aromatic amines is 1. The zero-order valence-electron chi connectivity index (χ0n) is 13.4. The van der Waals surface area contributed by atoms with Crippen LogP contribution >= 0.6 is 0 Å². The van der Waals surface area contributed by atoms with Crippen LogP contribution < -0.4 is 16.2 Å². The number of benzene rings is 1. The summed E-state index contributed by atoms with van der Waals surface area (Å²) in [4.78, 5) is 39.2. The van der Waals surface area contributed by atoms with Gasteiger partial charge in [0.1, 0.15) is 5.69 Å². The first-order chi connectivity index (χ1) is 11.6. The number of rotatable bonds is 6. The second kappa shape index (κ2) is 8.52. The number of H-pyrrole nitrogens is 1. The summed E-state index contributed by atoms with van der Waals surface area (Å²) in [5.41, 5.74) is 0.851. The monoisotopic (exact) mass is 328 g/mol. The Labute approximate surface area is 139 Å². The van der Waals surface area contributed by atoms with Crippen molar-refractivity contribution in [3.63, 3.8) is 0 Å². The van der Waals surface area contributed by atoms with Crippen LogP contribution in [0.5, 0.6) is 0 Å². The van der Waals surface area contributed by atoms with Crippen molar-refractivity contribution in [2.24, 2.45) is 0 Å². The number of hydrogen-bond acceptors (Lipinski definition) is 3. The molecule has 0 saturated heterocycles. The molecule has 0 aliphatic heterocycles. The van der Waals surface area contributed by atoms with E-state index >= 15 is 0 Å². The van der Waals surface area contributed by atoms with Crippen molar-refractivity contribution in [2.75, 3.05) is 18.9 Å². The van der Waals surface area contributed by atoms with Crippen molar-refractivity contribution in [2.45, 2.75) is 13.0 Å². The normalized spacial score (nSPS) is 10.0. The molecule has 0 bridgehead atoms. The lowest BCUT2D eigenvalue weighted by molar-refractivity contribution is -0.116. The molecule has 1 heterocycles. The van der Waals surface area contributed by atoms with Gasteiger partial charge in [-0.25, -0.2) is 4.79 Å². The Morgan fingerprint density at radius 1 is 1.12 bits per heavy atom. The molecule has 1 aromatic carbocycles. The van der Waals surface area contributed by atoms with Gasteiger partial charge < -0.3 is 20.5 Å². The zero-order valence-corrected chi connectivity index (χ0v) is 13.4. The molecule has 2 aromatic rings. The predicted octanol–water partition coefficient (Wildman–Crippen LogP) is 1.55. The molecule has 0 spiro atoms. The molecule has 0 unspecified atom stereocenters. The second-order valence-corrected chi connectivity index (χ2v) is 5.28. The quantitative estimate of drug-likeness (QED) is 0.751. The number of nitrogens with zero attached hydrogens (tertiary/aromatic N) is 1. The molecular formula is C17H20N4O3. The van der Waals surface area contributed by atoms with E-state index in [1.54, 1.807) is 13.1 Å². The summed E-state index contributed by atoms with van der Waals surface area (Å²) in [6.45, 7) is 0.673. The summed E-state index contributed by atoms with van der Waals surface area (Å²) in [6.07, 6.45) is 1.57. The maximum absolute atomic E-state index is 12.0. The van der Waals surface area contributed by atoms with Crippen LogP contribution in [0.3, 0.4) is 0 Å². The Bertz CT molecular complexity index is 743. The molecule has 7 heteroatoms. The van der Waals surface area contributed by atoms with Gasteiger partial charge in [-0.15, -0.1) is 0 Å². The zero-order chi connectivity index (χ0) is 17.4. The number of pyridine rings is 1. The minimum Gasteiger partial charge on any atom is -0.337 e. The molecule has 0 atom stereocenters. The lowest BCUT2D eigenvalue weighted by Gasteiger charge is -2.18. The molecule has 0 radical (unpaired) electrons. The predicted molar refractivity (Wildman–Crippen MR) is 91.6 cm³/mol. The van der Waals surface area contributed by atoms with Crippen LogP contribution in [-0.4, -0.2) is 35.4 Å². The molecule has 0 aliphatic rings. The van der Waals surface area contributed by atoms with Crippen molar-refractivity contribution in [1.82, 2.24) is 15.2 Å². The summed E-state index contributed by atoms with van der Waals surface area (Å²) in [6, 6.07) is 12.5. The number of amides is 3. The number of anilines is 1. The van der Waals surface area contributed by atoms with E-state index < -0.39 is 0 Å².